The van der Waals surface area contributed by atoms with E-state index in [1.54, 1.807) is 18.0 Å². The van der Waals surface area contributed by atoms with Gasteiger partial charge in [0.25, 0.3) is 5.91 Å². The summed E-state index contributed by atoms with van der Waals surface area (Å²) in [6, 6.07) is 19.4. The molecule has 7 nitrogen and oxygen atoms in total. The van der Waals surface area contributed by atoms with E-state index in [0.29, 0.717) is 31.0 Å². The first-order valence-electron chi connectivity index (χ1n) is 9.38. The Morgan fingerprint density at radius 1 is 1.00 bits per heavy atom. The number of aromatic nitrogens is 2. The van der Waals surface area contributed by atoms with Crippen LogP contribution < -0.4 is 10.6 Å². The largest absolute Gasteiger partial charge is 0.383 e. The summed E-state index contributed by atoms with van der Waals surface area (Å²) in [4.78, 5) is 24.6. The molecule has 3 rings (SSSR count). The molecule has 0 spiro atoms. The molecule has 7 heteroatoms. The lowest BCUT2D eigenvalue weighted by atomic mass is 10.1. The van der Waals surface area contributed by atoms with E-state index >= 15 is 0 Å². The first-order valence-corrected chi connectivity index (χ1v) is 9.38. The smallest absolute Gasteiger partial charge is 0.255 e. The van der Waals surface area contributed by atoms with Gasteiger partial charge in [0.2, 0.25) is 5.91 Å². The lowest BCUT2D eigenvalue weighted by Crippen LogP contribution is -2.38. The molecule has 0 aliphatic heterocycles. The Bertz CT molecular complexity index is 939. The molecule has 0 atom stereocenters. The van der Waals surface area contributed by atoms with Gasteiger partial charge in [0.05, 0.1) is 25.3 Å². The van der Waals surface area contributed by atoms with Gasteiger partial charge >= 0.3 is 0 Å². The summed E-state index contributed by atoms with van der Waals surface area (Å²) in [5, 5.41) is 9.97. The van der Waals surface area contributed by atoms with Crippen LogP contribution in [0.25, 0.3) is 11.3 Å². The van der Waals surface area contributed by atoms with Crippen molar-refractivity contribution in [3.63, 3.8) is 0 Å². The normalized spacial score (nSPS) is 10.5. The van der Waals surface area contributed by atoms with E-state index in [1.807, 2.05) is 60.7 Å². The Labute approximate surface area is 169 Å². The minimum Gasteiger partial charge on any atom is -0.383 e. The number of nitrogens with one attached hydrogen (secondary N) is 2. The SMILES string of the molecule is COCCNC(=O)CNC(=O)c1cn(Cc2ccccc2)nc1-c1ccccc1. The third-order valence-corrected chi connectivity index (χ3v) is 4.28. The second-order valence-electron chi connectivity index (χ2n) is 6.47. The standard InChI is InChI=1S/C22H24N4O3/c1-29-13-12-23-20(27)14-24-22(28)19-16-26(15-17-8-4-2-5-9-17)25-21(19)18-10-6-3-7-11-18/h2-11,16H,12-15H2,1H3,(H,23,27)(H,24,28). The van der Waals surface area contributed by atoms with Gasteiger partial charge in [-0.1, -0.05) is 60.7 Å². The fourth-order valence-corrected chi connectivity index (χ4v) is 2.86. The Kier molecular flexibility index (Phi) is 7.13. The van der Waals surface area contributed by atoms with Crippen LogP contribution in [-0.2, 0) is 16.1 Å². The van der Waals surface area contributed by atoms with Gasteiger partial charge < -0.3 is 15.4 Å². The van der Waals surface area contributed by atoms with Gasteiger partial charge in [-0.15, -0.1) is 0 Å². The number of benzene rings is 2. The monoisotopic (exact) mass is 392 g/mol. The van der Waals surface area contributed by atoms with E-state index in [9.17, 15) is 9.59 Å². The summed E-state index contributed by atoms with van der Waals surface area (Å²) in [6.45, 7) is 1.26. The maximum Gasteiger partial charge on any atom is 0.255 e. The van der Waals surface area contributed by atoms with Crippen LogP contribution in [0.3, 0.4) is 0 Å². The molecule has 29 heavy (non-hydrogen) atoms. The Balaban J connectivity index is 1.76. The highest BCUT2D eigenvalue weighted by molar-refractivity contribution is 6.01. The summed E-state index contributed by atoms with van der Waals surface area (Å²) < 4.78 is 6.63. The minimum absolute atomic E-state index is 0.110. The van der Waals surface area contributed by atoms with Crippen molar-refractivity contribution < 1.29 is 14.3 Å². The van der Waals surface area contributed by atoms with Crippen molar-refractivity contribution in [3.05, 3.63) is 78.0 Å². The Morgan fingerprint density at radius 3 is 2.38 bits per heavy atom. The molecule has 1 aromatic heterocycles. The van der Waals surface area contributed by atoms with Crippen LogP contribution in [0, 0.1) is 0 Å². The maximum atomic E-state index is 12.8. The third-order valence-electron chi connectivity index (χ3n) is 4.28. The zero-order chi connectivity index (χ0) is 20.5. The van der Waals surface area contributed by atoms with Crippen molar-refractivity contribution in [2.75, 3.05) is 26.8 Å². The first kappa shape index (κ1) is 20.3. The predicted molar refractivity (Wildman–Crippen MR) is 110 cm³/mol. The van der Waals surface area contributed by atoms with Gasteiger partial charge in [0.1, 0.15) is 5.69 Å². The quantitative estimate of drug-likeness (QED) is 0.546. The van der Waals surface area contributed by atoms with Crippen LogP contribution in [0.2, 0.25) is 0 Å². The van der Waals surface area contributed by atoms with E-state index in [4.69, 9.17) is 4.74 Å². The van der Waals surface area contributed by atoms with Crippen LogP contribution in [0.15, 0.2) is 66.9 Å². The fourth-order valence-electron chi connectivity index (χ4n) is 2.86. The number of amides is 2. The lowest BCUT2D eigenvalue weighted by Gasteiger charge is -2.06. The summed E-state index contributed by atoms with van der Waals surface area (Å²) in [6.07, 6.45) is 1.72. The highest BCUT2D eigenvalue weighted by atomic mass is 16.5. The molecule has 0 aliphatic rings. The molecule has 2 amide bonds. The zero-order valence-corrected chi connectivity index (χ0v) is 16.3. The average molecular weight is 392 g/mol. The van der Waals surface area contributed by atoms with Crippen molar-refractivity contribution >= 4 is 11.8 Å². The molecule has 1 heterocycles. The van der Waals surface area contributed by atoms with Gasteiger partial charge in [-0.3, -0.25) is 14.3 Å². The number of nitrogens with zero attached hydrogens (tertiary/aromatic N) is 2. The van der Waals surface area contributed by atoms with E-state index < -0.39 is 0 Å². The van der Waals surface area contributed by atoms with Gasteiger partial charge in [-0.2, -0.15) is 5.10 Å². The number of ether oxygens (including phenoxy) is 1. The summed E-state index contributed by atoms with van der Waals surface area (Å²) in [5.74, 6) is -0.613. The number of hydrogen-bond donors (Lipinski definition) is 2. The molecule has 0 bridgehead atoms. The van der Waals surface area contributed by atoms with Gasteiger partial charge in [0.15, 0.2) is 0 Å². The van der Waals surface area contributed by atoms with Gasteiger partial charge in [-0.05, 0) is 5.56 Å². The molecule has 3 aromatic rings. The molecule has 0 unspecified atom stereocenters. The van der Waals surface area contributed by atoms with Crippen LogP contribution in [-0.4, -0.2) is 48.4 Å². The van der Waals surface area contributed by atoms with Crippen molar-refractivity contribution in [2.45, 2.75) is 6.54 Å². The number of hydrogen-bond acceptors (Lipinski definition) is 4. The molecule has 0 saturated carbocycles. The van der Waals surface area contributed by atoms with Crippen molar-refractivity contribution in [3.8, 4) is 11.3 Å². The van der Waals surface area contributed by atoms with E-state index in [1.165, 1.54) is 0 Å². The van der Waals surface area contributed by atoms with Crippen LogP contribution in [0.4, 0.5) is 0 Å². The Hall–Kier alpha value is -3.45. The van der Waals surface area contributed by atoms with Crippen LogP contribution in [0.1, 0.15) is 15.9 Å². The van der Waals surface area contributed by atoms with E-state index in [-0.39, 0.29) is 18.4 Å². The molecular weight excluding hydrogens is 368 g/mol. The third kappa shape index (κ3) is 5.76. The molecule has 0 saturated heterocycles. The number of methoxy groups -OCH3 is 1. The van der Waals surface area contributed by atoms with Gasteiger partial charge in [-0.25, -0.2) is 0 Å². The average Bonchev–Trinajstić information content (AvgIpc) is 3.17. The highest BCUT2D eigenvalue weighted by Gasteiger charge is 2.18. The zero-order valence-electron chi connectivity index (χ0n) is 16.3. The number of carbonyl (C=O) groups is 2. The topological polar surface area (TPSA) is 85.3 Å². The first-order chi connectivity index (χ1) is 14.2. The van der Waals surface area contributed by atoms with Crippen molar-refractivity contribution in [1.29, 1.82) is 0 Å². The van der Waals surface area contributed by atoms with Crippen molar-refractivity contribution in [2.24, 2.45) is 0 Å². The number of rotatable bonds is 9. The molecule has 2 aromatic carbocycles. The summed E-state index contributed by atoms with van der Waals surface area (Å²) >= 11 is 0. The van der Waals surface area contributed by atoms with Crippen LogP contribution in [0.5, 0.6) is 0 Å². The second-order valence-corrected chi connectivity index (χ2v) is 6.47. The van der Waals surface area contributed by atoms with E-state index in [2.05, 4.69) is 15.7 Å². The lowest BCUT2D eigenvalue weighted by molar-refractivity contribution is -0.120. The predicted octanol–water partition coefficient (Wildman–Crippen LogP) is 2.09. The minimum atomic E-state index is -0.343. The van der Waals surface area contributed by atoms with Gasteiger partial charge in [0, 0.05) is 25.4 Å². The highest BCUT2D eigenvalue weighted by Crippen LogP contribution is 2.22. The molecule has 2 N–H and O–H groups in total. The summed E-state index contributed by atoms with van der Waals surface area (Å²) in [5.41, 5.74) is 2.93. The molecule has 150 valence electrons. The molecule has 0 aliphatic carbocycles. The van der Waals surface area contributed by atoms with E-state index in [0.717, 1.165) is 11.1 Å². The van der Waals surface area contributed by atoms with Crippen LogP contribution >= 0.6 is 0 Å². The summed E-state index contributed by atoms with van der Waals surface area (Å²) in [7, 11) is 1.56. The van der Waals surface area contributed by atoms with Crippen molar-refractivity contribution in [1.82, 2.24) is 20.4 Å². The number of carbonyl (C=O) groups excluding carboxylic acids is 2. The Morgan fingerprint density at radius 2 is 1.69 bits per heavy atom. The maximum absolute atomic E-state index is 12.8. The molecule has 0 fully saturated rings. The molecule has 0 radical (unpaired) electrons. The fraction of sp³-hybridized carbons (Fsp3) is 0.227. The second kappa shape index (κ2) is 10.2. The molecular formula is C22H24N4O3.